The van der Waals surface area contributed by atoms with E-state index in [4.69, 9.17) is 4.74 Å². The highest BCUT2D eigenvalue weighted by Crippen LogP contribution is 2.61. The molecule has 1 fully saturated rings. The second-order valence-corrected chi connectivity index (χ2v) is 18.6. The molecule has 8 rings (SSSR count). The lowest BCUT2D eigenvalue weighted by atomic mass is 9.82. The molecule has 51 heavy (non-hydrogen) atoms. The molecule has 4 aliphatic heterocycles. The number of carbonyl (C=O) groups is 3. The van der Waals surface area contributed by atoms with Gasteiger partial charge in [-0.25, -0.2) is 0 Å². The minimum atomic E-state index is -3.40. The third kappa shape index (κ3) is 5.34. The number of hydrogen-bond donors (Lipinski definition) is 1. The quantitative estimate of drug-likeness (QED) is 0.158. The maximum atomic E-state index is 16.2. The molecule has 0 aromatic heterocycles. The number of para-hydroxylation sites is 2. The van der Waals surface area contributed by atoms with Crippen molar-refractivity contribution in [3.63, 3.8) is 0 Å². The Morgan fingerprint density at radius 2 is 1.39 bits per heavy atom. The fraction of sp³-hybridized carbons (Fsp3) is 0.341. The summed E-state index contributed by atoms with van der Waals surface area (Å²) in [5.41, 5.74) is 5.20. The number of aryl methyl sites for hydroxylation is 2. The topological polar surface area (TPSA) is 90.4 Å². The molecule has 4 atom stereocenters. The number of amides is 3. The van der Waals surface area contributed by atoms with E-state index in [0.29, 0.717) is 42.6 Å². The van der Waals surface area contributed by atoms with Crippen molar-refractivity contribution in [3.8, 4) is 0 Å². The average molecular weight is 704 g/mol. The fourth-order valence-electron chi connectivity index (χ4n) is 9.13. The third-order valence-corrected chi connectivity index (χ3v) is 13.8. The van der Waals surface area contributed by atoms with Gasteiger partial charge in [0.05, 0.1) is 29.7 Å². The van der Waals surface area contributed by atoms with Crippen molar-refractivity contribution >= 4 is 54.6 Å². The van der Waals surface area contributed by atoms with E-state index in [9.17, 15) is 14.7 Å². The summed E-state index contributed by atoms with van der Waals surface area (Å²) in [6.45, 7) is 5.19. The van der Waals surface area contributed by atoms with E-state index in [2.05, 4.69) is 0 Å². The van der Waals surface area contributed by atoms with Gasteiger partial charge in [0.25, 0.3) is 5.91 Å². The van der Waals surface area contributed by atoms with Gasteiger partial charge in [0.1, 0.15) is 0 Å². The van der Waals surface area contributed by atoms with Gasteiger partial charge in [0.15, 0.2) is 5.60 Å². The van der Waals surface area contributed by atoms with Crippen molar-refractivity contribution in [2.45, 2.75) is 75.9 Å². The minimum absolute atomic E-state index is 0.0147. The Bertz CT molecular complexity index is 2060. The predicted octanol–water partition coefficient (Wildman–Crippen LogP) is 7.61. The van der Waals surface area contributed by atoms with Crippen molar-refractivity contribution in [1.82, 2.24) is 0 Å². The number of carbonyl (C=O) groups excluding carboxylic acids is 3. The highest BCUT2D eigenvalue weighted by molar-refractivity contribution is 6.72. The van der Waals surface area contributed by atoms with Gasteiger partial charge in [-0.3, -0.25) is 24.2 Å². The van der Waals surface area contributed by atoms with Gasteiger partial charge < -0.3 is 18.9 Å². The van der Waals surface area contributed by atoms with E-state index in [1.807, 2.05) is 97.9 Å². The summed E-state index contributed by atoms with van der Waals surface area (Å²) in [5, 5.41) is 10.0. The number of fused-ring (bicyclic) bond motifs is 4. The minimum Gasteiger partial charge on any atom is -0.396 e. The summed E-state index contributed by atoms with van der Waals surface area (Å²) in [4.78, 5) is 47.0. The van der Waals surface area contributed by atoms with Crippen molar-refractivity contribution in [2.75, 3.05) is 21.3 Å². The van der Waals surface area contributed by atoms with Crippen LogP contribution in [-0.4, -0.2) is 43.9 Å². The van der Waals surface area contributed by atoms with Crippen LogP contribution in [0, 0.1) is 5.92 Å². The molecule has 1 N–H and O–H groups in total. The molecule has 262 valence electrons. The van der Waals surface area contributed by atoms with Gasteiger partial charge in [0.2, 0.25) is 20.2 Å². The summed E-state index contributed by atoms with van der Waals surface area (Å²) in [7, 11) is -3.40. The van der Waals surface area contributed by atoms with Crippen LogP contribution in [-0.2, 0) is 44.1 Å². The van der Waals surface area contributed by atoms with Crippen LogP contribution < -0.4 is 14.7 Å². The zero-order valence-electron chi connectivity index (χ0n) is 29.1. The first-order valence-electron chi connectivity index (χ1n) is 17.9. The number of halogens is 1. The van der Waals surface area contributed by atoms with Crippen molar-refractivity contribution in [2.24, 2.45) is 5.92 Å². The number of aliphatic hydroxyl groups excluding tert-OH is 1. The molecule has 1 spiro atoms. The van der Waals surface area contributed by atoms with E-state index < -0.39 is 31.6 Å². The van der Waals surface area contributed by atoms with E-state index in [1.54, 1.807) is 27.8 Å². The number of rotatable bonds is 7. The molecule has 0 unspecified atom stereocenters. The predicted molar refractivity (Wildman–Crippen MR) is 198 cm³/mol. The van der Waals surface area contributed by atoms with Crippen molar-refractivity contribution in [1.29, 1.82) is 0 Å². The second-order valence-electron chi connectivity index (χ2n) is 14.8. The van der Waals surface area contributed by atoms with E-state index in [0.717, 1.165) is 33.8 Å². The van der Waals surface area contributed by atoms with Crippen LogP contribution in [0.5, 0.6) is 0 Å². The Balaban J connectivity index is 1.23. The number of nitrogens with zero attached hydrogens (tertiary/aromatic N) is 3. The highest BCUT2D eigenvalue weighted by Gasteiger charge is 2.66. The van der Waals surface area contributed by atoms with E-state index in [-0.39, 0.29) is 37.3 Å². The molecule has 1 saturated heterocycles. The van der Waals surface area contributed by atoms with Gasteiger partial charge in [-0.05, 0) is 91.5 Å². The Morgan fingerprint density at radius 1 is 0.784 bits per heavy atom. The largest absolute Gasteiger partial charge is 0.396 e. The third-order valence-electron chi connectivity index (χ3n) is 11.3. The molecular weight excluding hydrogens is 662 g/mol. The number of anilines is 5. The van der Waals surface area contributed by atoms with Crippen LogP contribution in [0.2, 0.25) is 18.6 Å². The molecule has 0 bridgehead atoms. The Kier molecular flexibility index (Phi) is 8.24. The van der Waals surface area contributed by atoms with Crippen LogP contribution in [0.3, 0.4) is 0 Å². The molecule has 8 nitrogen and oxygen atoms in total. The van der Waals surface area contributed by atoms with Gasteiger partial charge in [-0.1, -0.05) is 55.5 Å². The molecule has 4 aliphatic rings. The second kappa shape index (κ2) is 12.5. The summed E-state index contributed by atoms with van der Waals surface area (Å²) >= 11 is 0. The number of ether oxygens (including phenoxy) is 1. The normalized spacial score (nSPS) is 24.3. The van der Waals surface area contributed by atoms with Gasteiger partial charge in [0, 0.05) is 47.8 Å². The lowest BCUT2D eigenvalue weighted by Crippen LogP contribution is -2.45. The highest BCUT2D eigenvalue weighted by atomic mass is 28.4. The molecule has 4 heterocycles. The first-order chi connectivity index (χ1) is 24.5. The Hall–Kier alpha value is -4.64. The van der Waals surface area contributed by atoms with Gasteiger partial charge in [-0.2, -0.15) is 0 Å². The zero-order chi connectivity index (χ0) is 35.7. The molecule has 4 aromatic rings. The Labute approximate surface area is 298 Å². The standard InChI is InChI=1S/C41H42FN3O5Si/c1-26-39(51(2,3)42)36(21-22-46)50-41(26)32-24-31(45-34-14-7-5-11-29(34)16-20-38(45)48)17-18-35(32)43(40(41)49)25-27-9-8-12-30(23-27)44-33-13-6-4-10-28(33)15-19-37(44)47/h4-14,17-18,23-24,26,36,39,46H,15-16,19-22,25H2,1-3H3/t26-,36+,39-,41+/m1/s1. The molecule has 4 aromatic carbocycles. The number of aliphatic hydroxyl groups is 1. The maximum Gasteiger partial charge on any atom is 0.264 e. The van der Waals surface area contributed by atoms with Crippen LogP contribution >= 0.6 is 0 Å². The SMILES string of the molecule is C[C@@H]1[C@@H]([Si](C)(C)F)[C@H](CCO)O[C@@]12C(=O)N(Cc1cccc(N3C(=O)CCc4ccccc43)c1)c1ccc(N3C(=O)CCc4ccccc43)cc12. The van der Waals surface area contributed by atoms with Gasteiger partial charge >= 0.3 is 0 Å². The molecule has 0 saturated carbocycles. The van der Waals surface area contributed by atoms with E-state index >= 15 is 8.90 Å². The first kappa shape index (κ1) is 33.5. The summed E-state index contributed by atoms with van der Waals surface area (Å²) in [6.07, 6.45) is 1.68. The lowest BCUT2D eigenvalue weighted by molar-refractivity contribution is -0.146. The maximum absolute atomic E-state index is 16.2. The van der Waals surface area contributed by atoms with Crippen molar-refractivity contribution in [3.05, 3.63) is 113 Å². The summed E-state index contributed by atoms with van der Waals surface area (Å²) < 4.78 is 23.0. The fourth-order valence-corrected chi connectivity index (χ4v) is 11.7. The number of benzene rings is 4. The smallest absolute Gasteiger partial charge is 0.264 e. The van der Waals surface area contributed by atoms with Gasteiger partial charge in [-0.15, -0.1) is 0 Å². The van der Waals surface area contributed by atoms with Crippen LogP contribution in [0.25, 0.3) is 0 Å². The monoisotopic (exact) mass is 703 g/mol. The van der Waals surface area contributed by atoms with Crippen molar-refractivity contribution < 1.29 is 28.3 Å². The molecule has 3 amide bonds. The molecule has 10 heteroatoms. The molecular formula is C41H42FN3O5Si. The average Bonchev–Trinajstić information content (AvgIpc) is 3.54. The zero-order valence-corrected chi connectivity index (χ0v) is 30.1. The Morgan fingerprint density at radius 3 is 2.00 bits per heavy atom. The summed E-state index contributed by atoms with van der Waals surface area (Å²) in [6, 6.07) is 29.1. The van der Waals surface area contributed by atoms with E-state index in [1.165, 1.54) is 0 Å². The molecule has 0 aliphatic carbocycles. The van der Waals surface area contributed by atoms with Crippen LogP contribution in [0.1, 0.15) is 48.4 Å². The molecule has 0 radical (unpaired) electrons. The summed E-state index contributed by atoms with van der Waals surface area (Å²) in [5.74, 6) is -0.851. The first-order valence-corrected chi connectivity index (χ1v) is 20.8. The van der Waals surface area contributed by atoms with Crippen LogP contribution in [0.15, 0.2) is 91.0 Å². The lowest BCUT2D eigenvalue weighted by Gasteiger charge is -2.32. The number of hydrogen-bond acceptors (Lipinski definition) is 5. The van der Waals surface area contributed by atoms with Crippen LogP contribution in [0.4, 0.5) is 32.5 Å².